The van der Waals surface area contributed by atoms with Gasteiger partial charge >= 0.3 is 0 Å². The van der Waals surface area contributed by atoms with Crippen LogP contribution < -0.4 is 16.4 Å². The largest absolute Gasteiger partial charge is 0.383 e. The van der Waals surface area contributed by atoms with E-state index in [0.717, 1.165) is 5.56 Å². The molecule has 6 heteroatoms. The molecule has 112 valence electrons. The van der Waals surface area contributed by atoms with Crippen LogP contribution in [0.3, 0.4) is 0 Å². The minimum atomic E-state index is -0.396. The Balaban J connectivity index is 2.87. The predicted octanol–water partition coefficient (Wildman–Crippen LogP) is 1.64. The SMILES string of the molecule is CCc1nc(N)c(C)c(NC(C)C(=O)NC(C)(C)C)n1. The van der Waals surface area contributed by atoms with Gasteiger partial charge in [0.1, 0.15) is 23.5 Å². The molecule has 1 rings (SSSR count). The number of hydrogen-bond acceptors (Lipinski definition) is 5. The van der Waals surface area contributed by atoms with Crippen LogP contribution in [0.4, 0.5) is 11.6 Å². The van der Waals surface area contributed by atoms with Crippen molar-refractivity contribution >= 4 is 17.5 Å². The summed E-state index contributed by atoms with van der Waals surface area (Å²) in [5.41, 5.74) is 6.36. The molecule has 0 spiro atoms. The number of carbonyl (C=O) groups excluding carboxylic acids is 1. The van der Waals surface area contributed by atoms with Gasteiger partial charge in [0.2, 0.25) is 5.91 Å². The van der Waals surface area contributed by atoms with E-state index in [9.17, 15) is 4.79 Å². The average molecular weight is 279 g/mol. The maximum absolute atomic E-state index is 12.1. The van der Waals surface area contributed by atoms with E-state index in [1.165, 1.54) is 0 Å². The third kappa shape index (κ3) is 4.36. The Bertz CT molecular complexity index is 493. The first kappa shape index (κ1) is 16.2. The molecular formula is C14H25N5O. The van der Waals surface area contributed by atoms with Crippen molar-refractivity contribution in [2.24, 2.45) is 0 Å². The summed E-state index contributed by atoms with van der Waals surface area (Å²) in [5.74, 6) is 1.65. The highest BCUT2D eigenvalue weighted by molar-refractivity contribution is 5.84. The molecule has 0 aliphatic carbocycles. The molecule has 4 N–H and O–H groups in total. The topological polar surface area (TPSA) is 92.9 Å². The molecule has 0 radical (unpaired) electrons. The molecule has 1 heterocycles. The van der Waals surface area contributed by atoms with Gasteiger partial charge in [-0.1, -0.05) is 6.92 Å². The van der Waals surface area contributed by atoms with Crippen LogP contribution in [0.15, 0.2) is 0 Å². The summed E-state index contributed by atoms with van der Waals surface area (Å²) in [6, 6.07) is -0.396. The quantitative estimate of drug-likeness (QED) is 0.779. The van der Waals surface area contributed by atoms with Gasteiger partial charge in [-0.15, -0.1) is 0 Å². The van der Waals surface area contributed by atoms with E-state index in [-0.39, 0.29) is 11.4 Å². The Morgan fingerprint density at radius 2 is 1.95 bits per heavy atom. The molecular weight excluding hydrogens is 254 g/mol. The second-order valence-corrected chi connectivity index (χ2v) is 5.96. The fourth-order valence-corrected chi connectivity index (χ4v) is 1.63. The maximum atomic E-state index is 12.1. The first-order valence-corrected chi connectivity index (χ1v) is 6.85. The van der Waals surface area contributed by atoms with Gasteiger partial charge in [-0.3, -0.25) is 4.79 Å². The van der Waals surface area contributed by atoms with Crippen molar-refractivity contribution in [2.45, 2.75) is 59.5 Å². The highest BCUT2D eigenvalue weighted by Gasteiger charge is 2.20. The van der Waals surface area contributed by atoms with Crippen molar-refractivity contribution in [3.05, 3.63) is 11.4 Å². The van der Waals surface area contributed by atoms with Gasteiger partial charge in [0.05, 0.1) is 0 Å². The first-order chi connectivity index (χ1) is 9.14. The Kier molecular flexibility index (Phi) is 4.92. The molecule has 0 fully saturated rings. The third-order valence-electron chi connectivity index (χ3n) is 2.79. The molecule has 0 saturated heterocycles. The van der Waals surface area contributed by atoms with Gasteiger partial charge < -0.3 is 16.4 Å². The molecule has 20 heavy (non-hydrogen) atoms. The number of nitrogens with one attached hydrogen (secondary N) is 2. The standard InChI is InChI=1S/C14H25N5O/c1-7-10-17-11(15)8(2)12(18-10)16-9(3)13(20)19-14(4,5)6/h9H,7H2,1-6H3,(H,19,20)(H3,15,16,17,18). The summed E-state index contributed by atoms with van der Waals surface area (Å²) in [6.07, 6.45) is 0.696. The molecule has 0 aliphatic heterocycles. The normalized spacial score (nSPS) is 12.9. The maximum Gasteiger partial charge on any atom is 0.242 e. The Morgan fingerprint density at radius 3 is 2.45 bits per heavy atom. The second kappa shape index (κ2) is 6.07. The summed E-state index contributed by atoms with van der Waals surface area (Å²) < 4.78 is 0. The van der Waals surface area contributed by atoms with Crippen LogP contribution in [0.25, 0.3) is 0 Å². The average Bonchev–Trinajstić information content (AvgIpc) is 2.32. The van der Waals surface area contributed by atoms with Crippen molar-refractivity contribution < 1.29 is 4.79 Å². The fourth-order valence-electron chi connectivity index (χ4n) is 1.63. The number of aryl methyl sites for hydroxylation is 1. The minimum Gasteiger partial charge on any atom is -0.383 e. The van der Waals surface area contributed by atoms with E-state index in [2.05, 4.69) is 20.6 Å². The highest BCUT2D eigenvalue weighted by Crippen LogP contribution is 2.18. The van der Waals surface area contributed by atoms with Gasteiger partial charge in [-0.05, 0) is 34.6 Å². The van der Waals surface area contributed by atoms with Gasteiger partial charge in [-0.2, -0.15) is 0 Å². The van der Waals surface area contributed by atoms with Gasteiger partial charge in [0.15, 0.2) is 0 Å². The summed E-state index contributed by atoms with van der Waals surface area (Å²) >= 11 is 0. The van der Waals surface area contributed by atoms with E-state index in [1.807, 2.05) is 34.6 Å². The highest BCUT2D eigenvalue weighted by atomic mass is 16.2. The third-order valence-corrected chi connectivity index (χ3v) is 2.79. The van der Waals surface area contributed by atoms with Crippen molar-refractivity contribution in [3.63, 3.8) is 0 Å². The molecule has 1 amide bonds. The van der Waals surface area contributed by atoms with Crippen LogP contribution in [0.2, 0.25) is 0 Å². The van der Waals surface area contributed by atoms with Crippen LogP contribution in [0, 0.1) is 6.92 Å². The van der Waals surface area contributed by atoms with Crippen molar-refractivity contribution in [3.8, 4) is 0 Å². The molecule has 1 unspecified atom stereocenters. The number of carbonyl (C=O) groups is 1. The zero-order chi connectivity index (χ0) is 15.5. The summed E-state index contributed by atoms with van der Waals surface area (Å²) in [7, 11) is 0. The summed E-state index contributed by atoms with van der Waals surface area (Å²) in [6.45, 7) is 11.4. The molecule has 1 atom stereocenters. The van der Waals surface area contributed by atoms with Crippen molar-refractivity contribution in [2.75, 3.05) is 11.1 Å². The lowest BCUT2D eigenvalue weighted by Gasteiger charge is -2.24. The van der Waals surface area contributed by atoms with Crippen LogP contribution in [-0.2, 0) is 11.2 Å². The molecule has 0 aliphatic rings. The lowest BCUT2D eigenvalue weighted by atomic mass is 10.1. The van der Waals surface area contributed by atoms with E-state index < -0.39 is 6.04 Å². The number of nitrogens with zero attached hydrogens (tertiary/aromatic N) is 2. The Hall–Kier alpha value is -1.85. The number of rotatable bonds is 4. The minimum absolute atomic E-state index is 0.0767. The van der Waals surface area contributed by atoms with E-state index in [4.69, 9.17) is 5.73 Å². The van der Waals surface area contributed by atoms with Gasteiger partial charge in [0, 0.05) is 17.5 Å². The zero-order valence-electron chi connectivity index (χ0n) is 13.2. The van der Waals surface area contributed by atoms with Crippen LogP contribution in [0.5, 0.6) is 0 Å². The number of hydrogen-bond donors (Lipinski definition) is 3. The summed E-state index contributed by atoms with van der Waals surface area (Å²) in [5, 5.41) is 6.03. The summed E-state index contributed by atoms with van der Waals surface area (Å²) in [4.78, 5) is 20.6. The smallest absolute Gasteiger partial charge is 0.242 e. The number of anilines is 2. The van der Waals surface area contributed by atoms with Crippen LogP contribution in [-0.4, -0.2) is 27.5 Å². The number of nitrogen functional groups attached to an aromatic ring is 1. The molecule has 1 aromatic heterocycles. The van der Waals surface area contributed by atoms with Crippen molar-refractivity contribution in [1.82, 2.24) is 15.3 Å². The van der Waals surface area contributed by atoms with Gasteiger partial charge in [-0.25, -0.2) is 9.97 Å². The Labute approximate surface area is 120 Å². The van der Waals surface area contributed by atoms with E-state index in [0.29, 0.717) is 23.9 Å². The number of nitrogens with two attached hydrogens (primary N) is 1. The predicted molar refractivity (Wildman–Crippen MR) is 81.5 cm³/mol. The van der Waals surface area contributed by atoms with E-state index >= 15 is 0 Å². The zero-order valence-corrected chi connectivity index (χ0v) is 13.2. The molecule has 1 aromatic rings. The molecule has 6 nitrogen and oxygen atoms in total. The van der Waals surface area contributed by atoms with Crippen molar-refractivity contribution in [1.29, 1.82) is 0 Å². The fraction of sp³-hybridized carbons (Fsp3) is 0.643. The molecule has 0 saturated carbocycles. The molecule has 0 bridgehead atoms. The Morgan fingerprint density at radius 1 is 1.35 bits per heavy atom. The molecule has 0 aromatic carbocycles. The monoisotopic (exact) mass is 279 g/mol. The lowest BCUT2D eigenvalue weighted by Crippen LogP contribution is -2.47. The first-order valence-electron chi connectivity index (χ1n) is 6.85. The second-order valence-electron chi connectivity index (χ2n) is 5.96. The van der Waals surface area contributed by atoms with E-state index in [1.54, 1.807) is 6.92 Å². The number of amides is 1. The number of aromatic nitrogens is 2. The van der Waals surface area contributed by atoms with Crippen LogP contribution >= 0.6 is 0 Å². The lowest BCUT2D eigenvalue weighted by molar-refractivity contribution is -0.122. The van der Waals surface area contributed by atoms with Crippen LogP contribution in [0.1, 0.15) is 46.0 Å². The van der Waals surface area contributed by atoms with Gasteiger partial charge in [0.25, 0.3) is 0 Å².